The van der Waals surface area contributed by atoms with E-state index in [1.807, 2.05) is 6.92 Å². The molecule has 0 atom stereocenters. The summed E-state index contributed by atoms with van der Waals surface area (Å²) in [5, 5.41) is 1.53. The van der Waals surface area contributed by atoms with Crippen molar-refractivity contribution in [1.82, 2.24) is 0 Å². The lowest BCUT2D eigenvalue weighted by Crippen LogP contribution is -2.12. The molecular formula is C33H26O9. The van der Waals surface area contributed by atoms with Crippen LogP contribution in [-0.2, 0) is 20.7 Å². The number of carbonyl (C=O) groups excluding carboxylic acids is 4. The van der Waals surface area contributed by atoms with Crippen LogP contribution < -0.4 is 18.9 Å². The largest absolute Gasteiger partial charge is 0.457 e. The molecule has 0 unspecified atom stereocenters. The van der Waals surface area contributed by atoms with Crippen LogP contribution >= 0.6 is 0 Å². The molecule has 0 bridgehead atoms. The number of ether oxygens (including phenoxy) is 5. The molecule has 0 aliphatic carbocycles. The monoisotopic (exact) mass is 566 g/mol. The Morgan fingerprint density at radius 2 is 1.24 bits per heavy atom. The van der Waals surface area contributed by atoms with E-state index in [9.17, 15) is 19.2 Å². The summed E-state index contributed by atoms with van der Waals surface area (Å²) in [5.41, 5.74) is 1.25. The topological polar surface area (TPSA) is 114 Å². The predicted octanol–water partition coefficient (Wildman–Crippen LogP) is 6.00. The number of rotatable bonds is 11. The molecule has 0 saturated carbocycles. The van der Waals surface area contributed by atoms with Crippen molar-refractivity contribution < 1.29 is 42.9 Å². The van der Waals surface area contributed by atoms with Gasteiger partial charge in [0.25, 0.3) is 0 Å². The molecule has 4 rings (SSSR count). The molecule has 0 fully saturated rings. The molecule has 42 heavy (non-hydrogen) atoms. The van der Waals surface area contributed by atoms with E-state index in [4.69, 9.17) is 23.7 Å². The highest BCUT2D eigenvalue weighted by molar-refractivity contribution is 5.97. The van der Waals surface area contributed by atoms with Gasteiger partial charge in [-0.25, -0.2) is 19.2 Å². The van der Waals surface area contributed by atoms with Crippen molar-refractivity contribution in [3.63, 3.8) is 0 Å². The smallest absolute Gasteiger partial charge is 0.343 e. The van der Waals surface area contributed by atoms with Crippen molar-refractivity contribution in [2.24, 2.45) is 0 Å². The second-order valence-electron chi connectivity index (χ2n) is 8.71. The number of hydrogen-bond acceptors (Lipinski definition) is 9. The van der Waals surface area contributed by atoms with Crippen molar-refractivity contribution >= 4 is 34.6 Å². The third-order valence-electron chi connectivity index (χ3n) is 5.94. The van der Waals surface area contributed by atoms with Gasteiger partial charge in [-0.15, -0.1) is 0 Å². The second kappa shape index (κ2) is 13.6. The van der Waals surface area contributed by atoms with Crippen LogP contribution in [0.4, 0.5) is 0 Å². The zero-order chi connectivity index (χ0) is 30.1. The summed E-state index contributed by atoms with van der Waals surface area (Å²) in [6, 6.07) is 21.0. The Balaban J connectivity index is 1.40. The summed E-state index contributed by atoms with van der Waals surface area (Å²) in [5.74, 6) is -0.941. The lowest BCUT2D eigenvalue weighted by atomic mass is 10.1. The summed E-state index contributed by atoms with van der Waals surface area (Å²) in [4.78, 5) is 48.2. The molecule has 0 spiro atoms. The fourth-order valence-corrected chi connectivity index (χ4v) is 3.80. The zero-order valence-corrected chi connectivity index (χ0v) is 22.7. The molecule has 212 valence electrons. The van der Waals surface area contributed by atoms with Crippen molar-refractivity contribution in [3.05, 3.63) is 121 Å². The summed E-state index contributed by atoms with van der Waals surface area (Å²) in [6.07, 6.45) is 2.60. The maximum atomic E-state index is 12.9. The Bertz CT molecular complexity index is 1670. The van der Waals surface area contributed by atoms with E-state index in [0.29, 0.717) is 34.8 Å². The van der Waals surface area contributed by atoms with Gasteiger partial charge in [-0.1, -0.05) is 32.2 Å². The van der Waals surface area contributed by atoms with Gasteiger partial charge in [0.15, 0.2) is 0 Å². The van der Waals surface area contributed by atoms with Gasteiger partial charge in [0.2, 0.25) is 6.79 Å². The summed E-state index contributed by atoms with van der Waals surface area (Å²) < 4.78 is 26.3. The van der Waals surface area contributed by atoms with Crippen molar-refractivity contribution in [1.29, 1.82) is 0 Å². The molecule has 0 N–H and O–H groups in total. The van der Waals surface area contributed by atoms with Crippen LogP contribution in [0, 0.1) is 0 Å². The Labute approximate surface area is 241 Å². The number of carbonyl (C=O) groups is 4. The third-order valence-corrected chi connectivity index (χ3v) is 5.94. The highest BCUT2D eigenvalue weighted by atomic mass is 16.7. The number of esters is 4. The molecule has 9 nitrogen and oxygen atoms in total. The number of fused-ring (bicyclic) bond motifs is 1. The maximum Gasteiger partial charge on any atom is 0.343 e. The maximum absolute atomic E-state index is 12.9. The quantitative estimate of drug-likeness (QED) is 0.0933. The number of aryl methyl sites for hydroxylation is 1. The molecule has 0 aliphatic rings. The van der Waals surface area contributed by atoms with Crippen molar-refractivity contribution in [2.45, 2.75) is 13.3 Å². The molecule has 9 heteroatoms. The standard InChI is InChI=1S/C33H26O9/c1-4-21-17-25(32(36)41-27-14-12-26(13-15-27)38-20-39-30(34)5-2)10-16-29(21)42-33(37)24-8-7-23-19-28(40-31(35)6-3)11-9-22(23)18-24/h5-19H,2-4,20H2,1H3. The van der Waals surface area contributed by atoms with E-state index in [-0.39, 0.29) is 18.1 Å². The van der Waals surface area contributed by atoms with E-state index < -0.39 is 23.9 Å². The van der Waals surface area contributed by atoms with Gasteiger partial charge < -0.3 is 23.7 Å². The van der Waals surface area contributed by atoms with E-state index in [2.05, 4.69) is 13.2 Å². The number of benzene rings is 4. The Morgan fingerprint density at radius 3 is 1.95 bits per heavy atom. The lowest BCUT2D eigenvalue weighted by molar-refractivity contribution is -0.144. The molecule has 0 heterocycles. The molecule has 0 aromatic heterocycles. The van der Waals surface area contributed by atoms with Gasteiger partial charge in [0.1, 0.15) is 23.0 Å². The van der Waals surface area contributed by atoms with Gasteiger partial charge in [0, 0.05) is 12.2 Å². The van der Waals surface area contributed by atoms with Crippen LogP contribution in [0.5, 0.6) is 23.0 Å². The Kier molecular flexibility index (Phi) is 9.47. The molecule has 4 aromatic rings. The molecule has 0 aliphatic heterocycles. The van der Waals surface area contributed by atoms with Gasteiger partial charge in [-0.2, -0.15) is 0 Å². The first kappa shape index (κ1) is 29.3. The Morgan fingerprint density at radius 1 is 0.643 bits per heavy atom. The highest BCUT2D eigenvalue weighted by Gasteiger charge is 2.16. The summed E-state index contributed by atoms with van der Waals surface area (Å²) in [6.45, 7) is 8.27. The van der Waals surface area contributed by atoms with Gasteiger partial charge in [-0.3, -0.25) is 0 Å². The predicted molar refractivity (Wildman–Crippen MR) is 154 cm³/mol. The van der Waals surface area contributed by atoms with Gasteiger partial charge >= 0.3 is 23.9 Å². The van der Waals surface area contributed by atoms with E-state index >= 15 is 0 Å². The summed E-state index contributed by atoms with van der Waals surface area (Å²) in [7, 11) is 0. The fourth-order valence-electron chi connectivity index (χ4n) is 3.80. The minimum Gasteiger partial charge on any atom is -0.457 e. The minimum absolute atomic E-state index is 0.280. The van der Waals surface area contributed by atoms with Gasteiger partial charge in [-0.05, 0) is 89.5 Å². The lowest BCUT2D eigenvalue weighted by Gasteiger charge is -2.12. The molecular weight excluding hydrogens is 540 g/mol. The minimum atomic E-state index is -0.605. The van der Waals surface area contributed by atoms with Crippen LogP contribution in [-0.4, -0.2) is 30.7 Å². The third kappa shape index (κ3) is 7.48. The molecule has 4 aromatic carbocycles. The average molecular weight is 567 g/mol. The van der Waals surface area contributed by atoms with Crippen LogP contribution in [0.15, 0.2) is 104 Å². The van der Waals surface area contributed by atoms with Crippen LogP contribution in [0.3, 0.4) is 0 Å². The molecule has 0 radical (unpaired) electrons. The second-order valence-corrected chi connectivity index (χ2v) is 8.71. The normalized spacial score (nSPS) is 10.3. The first-order chi connectivity index (χ1) is 20.3. The van der Waals surface area contributed by atoms with E-state index in [1.54, 1.807) is 60.7 Å². The van der Waals surface area contributed by atoms with Crippen LogP contribution in [0.2, 0.25) is 0 Å². The van der Waals surface area contributed by atoms with Crippen molar-refractivity contribution in [3.8, 4) is 23.0 Å². The van der Waals surface area contributed by atoms with Gasteiger partial charge in [0.05, 0.1) is 11.1 Å². The van der Waals surface area contributed by atoms with Crippen LogP contribution in [0.1, 0.15) is 33.2 Å². The van der Waals surface area contributed by atoms with Crippen LogP contribution in [0.25, 0.3) is 10.8 Å². The highest BCUT2D eigenvalue weighted by Crippen LogP contribution is 2.26. The molecule has 0 amide bonds. The van der Waals surface area contributed by atoms with E-state index in [0.717, 1.165) is 22.9 Å². The van der Waals surface area contributed by atoms with E-state index in [1.165, 1.54) is 18.2 Å². The fraction of sp³-hybridized carbons (Fsp3) is 0.0909. The zero-order valence-electron chi connectivity index (χ0n) is 22.7. The first-order valence-corrected chi connectivity index (χ1v) is 12.8. The number of hydrogen-bond donors (Lipinski definition) is 0. The SMILES string of the molecule is C=CC(=O)OCOc1ccc(OC(=O)c2ccc(OC(=O)c3ccc4cc(OC(=O)C=C)ccc4c3)c(CC)c2)cc1. The molecule has 0 saturated heterocycles. The Hall–Kier alpha value is -5.70. The summed E-state index contributed by atoms with van der Waals surface area (Å²) >= 11 is 0. The average Bonchev–Trinajstić information content (AvgIpc) is 3.01. The first-order valence-electron chi connectivity index (χ1n) is 12.8. The van der Waals surface area contributed by atoms with Crippen molar-refractivity contribution in [2.75, 3.05) is 6.79 Å².